The van der Waals surface area contributed by atoms with Crippen LogP contribution in [0, 0.1) is 17.2 Å². The van der Waals surface area contributed by atoms with E-state index in [1.54, 1.807) is 11.8 Å². The first-order valence-electron chi connectivity index (χ1n) is 10.3. The number of hydrogen-bond acceptors (Lipinski definition) is 4. The van der Waals surface area contributed by atoms with Crippen LogP contribution >= 0.6 is 11.8 Å². The van der Waals surface area contributed by atoms with Crippen LogP contribution in [0.25, 0.3) is 0 Å². The van der Waals surface area contributed by atoms with E-state index in [4.69, 9.17) is 5.26 Å². The van der Waals surface area contributed by atoms with E-state index in [9.17, 15) is 4.79 Å². The fourth-order valence-corrected chi connectivity index (χ4v) is 4.46. The highest BCUT2D eigenvalue weighted by Crippen LogP contribution is 2.18. The Hall–Kier alpha value is -2.29. The SMILES string of the molecule is CC1CCCN(Cc2ccc(CNC(=O)CSCc3ccc(C#N)cc3)cc2)C1. The lowest BCUT2D eigenvalue weighted by Crippen LogP contribution is -2.33. The van der Waals surface area contributed by atoms with Gasteiger partial charge < -0.3 is 5.32 Å². The monoisotopic (exact) mass is 407 g/mol. The summed E-state index contributed by atoms with van der Waals surface area (Å²) >= 11 is 1.58. The Bertz CT molecular complexity index is 827. The Kier molecular flexibility index (Phi) is 8.15. The number of hydrogen-bond donors (Lipinski definition) is 1. The zero-order valence-corrected chi connectivity index (χ0v) is 17.9. The van der Waals surface area contributed by atoms with Gasteiger partial charge in [-0.2, -0.15) is 5.26 Å². The zero-order valence-electron chi connectivity index (χ0n) is 17.1. The molecule has 29 heavy (non-hydrogen) atoms. The smallest absolute Gasteiger partial charge is 0.230 e. The first-order chi connectivity index (χ1) is 14.1. The van der Waals surface area contributed by atoms with Crippen molar-refractivity contribution in [3.05, 3.63) is 70.8 Å². The predicted octanol–water partition coefficient (Wildman–Crippen LogP) is 4.34. The van der Waals surface area contributed by atoms with Gasteiger partial charge in [-0.3, -0.25) is 9.69 Å². The second-order valence-electron chi connectivity index (χ2n) is 7.88. The van der Waals surface area contributed by atoms with E-state index in [-0.39, 0.29) is 5.91 Å². The molecule has 0 saturated carbocycles. The number of nitriles is 1. The number of carbonyl (C=O) groups is 1. The van der Waals surface area contributed by atoms with Gasteiger partial charge in [-0.05, 0) is 54.1 Å². The summed E-state index contributed by atoms with van der Waals surface area (Å²) in [4.78, 5) is 14.6. The third-order valence-electron chi connectivity index (χ3n) is 5.24. The maximum absolute atomic E-state index is 12.1. The number of carbonyl (C=O) groups excluding carboxylic acids is 1. The molecule has 0 aromatic heterocycles. The third kappa shape index (κ3) is 7.23. The van der Waals surface area contributed by atoms with E-state index >= 15 is 0 Å². The van der Waals surface area contributed by atoms with Crippen molar-refractivity contribution >= 4 is 17.7 Å². The standard InChI is InChI=1S/C24H29N3OS/c1-19-3-2-12-27(15-19)16-22-8-6-21(7-9-22)14-26-24(28)18-29-17-23-10-4-20(13-25)5-11-23/h4-11,19H,2-3,12,14-18H2,1H3,(H,26,28). The minimum atomic E-state index is 0.0509. The summed E-state index contributed by atoms with van der Waals surface area (Å²) < 4.78 is 0. The van der Waals surface area contributed by atoms with Crippen molar-refractivity contribution in [2.24, 2.45) is 5.92 Å². The van der Waals surface area contributed by atoms with Crippen LogP contribution in [0.2, 0.25) is 0 Å². The van der Waals surface area contributed by atoms with Gasteiger partial charge in [0.2, 0.25) is 5.91 Å². The van der Waals surface area contributed by atoms with Gasteiger partial charge in [0.15, 0.2) is 0 Å². The molecule has 1 unspecified atom stereocenters. The molecule has 0 spiro atoms. The van der Waals surface area contributed by atoms with Crippen molar-refractivity contribution in [1.82, 2.24) is 10.2 Å². The Morgan fingerprint density at radius 1 is 1.14 bits per heavy atom. The van der Waals surface area contributed by atoms with Crippen LogP contribution in [0.1, 0.15) is 42.0 Å². The van der Waals surface area contributed by atoms with Gasteiger partial charge in [0.05, 0.1) is 17.4 Å². The summed E-state index contributed by atoms with van der Waals surface area (Å²) in [6.45, 7) is 6.31. The van der Waals surface area contributed by atoms with Crippen LogP contribution in [0.3, 0.4) is 0 Å². The minimum absolute atomic E-state index is 0.0509. The lowest BCUT2D eigenvalue weighted by Gasteiger charge is -2.30. The quantitative estimate of drug-likeness (QED) is 0.707. The van der Waals surface area contributed by atoms with E-state index in [1.807, 2.05) is 24.3 Å². The number of thioether (sulfide) groups is 1. The topological polar surface area (TPSA) is 56.1 Å². The molecular formula is C24H29N3OS. The molecule has 0 radical (unpaired) electrons. The van der Waals surface area contributed by atoms with E-state index in [1.165, 1.54) is 31.5 Å². The fourth-order valence-electron chi connectivity index (χ4n) is 3.64. The molecule has 1 atom stereocenters. The molecule has 1 heterocycles. The lowest BCUT2D eigenvalue weighted by molar-refractivity contribution is -0.118. The summed E-state index contributed by atoms with van der Waals surface area (Å²) in [5.74, 6) is 2.05. The normalized spacial score (nSPS) is 16.9. The number of nitrogens with one attached hydrogen (secondary N) is 1. The Morgan fingerprint density at radius 2 is 1.83 bits per heavy atom. The number of amides is 1. The van der Waals surface area contributed by atoms with Gasteiger partial charge in [0.1, 0.15) is 0 Å². The summed E-state index contributed by atoms with van der Waals surface area (Å²) in [5.41, 5.74) is 4.26. The van der Waals surface area contributed by atoms with Crippen LogP contribution in [-0.2, 0) is 23.6 Å². The van der Waals surface area contributed by atoms with Crippen LogP contribution in [0.5, 0.6) is 0 Å². The van der Waals surface area contributed by atoms with E-state index < -0.39 is 0 Å². The average molecular weight is 408 g/mol. The molecule has 1 saturated heterocycles. The Morgan fingerprint density at radius 3 is 2.52 bits per heavy atom. The molecule has 2 aromatic carbocycles. The van der Waals surface area contributed by atoms with Gasteiger partial charge in [-0.15, -0.1) is 11.8 Å². The molecule has 152 valence electrons. The van der Waals surface area contributed by atoms with Gasteiger partial charge in [0, 0.05) is 25.4 Å². The predicted molar refractivity (Wildman–Crippen MR) is 119 cm³/mol. The van der Waals surface area contributed by atoms with Crippen molar-refractivity contribution < 1.29 is 4.79 Å². The first kappa shape index (κ1) is 21.4. The van der Waals surface area contributed by atoms with Crippen molar-refractivity contribution in [1.29, 1.82) is 5.26 Å². The molecule has 1 N–H and O–H groups in total. The van der Waals surface area contributed by atoms with Crippen molar-refractivity contribution in [2.45, 2.75) is 38.6 Å². The van der Waals surface area contributed by atoms with E-state index in [0.29, 0.717) is 17.9 Å². The van der Waals surface area contributed by atoms with Crippen LogP contribution in [0.15, 0.2) is 48.5 Å². The molecule has 2 aromatic rings. The van der Waals surface area contributed by atoms with Crippen molar-refractivity contribution in [2.75, 3.05) is 18.8 Å². The zero-order chi connectivity index (χ0) is 20.5. The van der Waals surface area contributed by atoms with Gasteiger partial charge in [-0.1, -0.05) is 43.3 Å². The van der Waals surface area contributed by atoms with Gasteiger partial charge in [-0.25, -0.2) is 0 Å². The highest BCUT2D eigenvalue weighted by atomic mass is 32.2. The first-order valence-corrected chi connectivity index (χ1v) is 11.4. The molecule has 3 rings (SSSR count). The molecule has 4 nitrogen and oxygen atoms in total. The highest BCUT2D eigenvalue weighted by Gasteiger charge is 2.16. The number of benzene rings is 2. The van der Waals surface area contributed by atoms with E-state index in [2.05, 4.69) is 47.5 Å². The largest absolute Gasteiger partial charge is 0.351 e. The molecule has 0 bridgehead atoms. The summed E-state index contributed by atoms with van der Waals surface area (Å²) in [6.07, 6.45) is 2.65. The number of likely N-dealkylation sites (tertiary alicyclic amines) is 1. The van der Waals surface area contributed by atoms with Crippen molar-refractivity contribution in [3.8, 4) is 6.07 Å². The van der Waals surface area contributed by atoms with Gasteiger partial charge in [0.25, 0.3) is 0 Å². The fraction of sp³-hybridized carbons (Fsp3) is 0.417. The highest BCUT2D eigenvalue weighted by molar-refractivity contribution is 7.99. The maximum atomic E-state index is 12.1. The molecule has 5 heteroatoms. The minimum Gasteiger partial charge on any atom is -0.351 e. The molecule has 1 amide bonds. The van der Waals surface area contributed by atoms with Gasteiger partial charge >= 0.3 is 0 Å². The Balaban J connectivity index is 1.35. The van der Waals surface area contributed by atoms with Crippen LogP contribution in [-0.4, -0.2) is 29.6 Å². The average Bonchev–Trinajstić information content (AvgIpc) is 2.74. The summed E-state index contributed by atoms with van der Waals surface area (Å²) in [7, 11) is 0. The van der Waals surface area contributed by atoms with Crippen LogP contribution < -0.4 is 5.32 Å². The number of piperidine rings is 1. The lowest BCUT2D eigenvalue weighted by atomic mass is 9.99. The summed E-state index contributed by atoms with van der Waals surface area (Å²) in [6, 6.07) is 18.2. The summed E-state index contributed by atoms with van der Waals surface area (Å²) in [5, 5.41) is 11.8. The van der Waals surface area contributed by atoms with Crippen molar-refractivity contribution in [3.63, 3.8) is 0 Å². The molecule has 0 aliphatic carbocycles. The maximum Gasteiger partial charge on any atom is 0.230 e. The molecular weight excluding hydrogens is 378 g/mol. The molecule has 1 fully saturated rings. The van der Waals surface area contributed by atoms with E-state index in [0.717, 1.165) is 29.3 Å². The number of nitrogens with zero attached hydrogens (tertiary/aromatic N) is 2. The molecule has 1 aliphatic rings. The second-order valence-corrected chi connectivity index (χ2v) is 8.86. The Labute approximate surface area is 178 Å². The third-order valence-corrected chi connectivity index (χ3v) is 6.25. The second kappa shape index (κ2) is 11.0. The number of rotatable bonds is 8. The van der Waals surface area contributed by atoms with Crippen LogP contribution in [0.4, 0.5) is 0 Å². The molecule has 1 aliphatic heterocycles.